The second-order valence-corrected chi connectivity index (χ2v) is 4.93. The largest absolute Gasteiger partial charge is 0.356 e. The molecular weight excluding hydrogens is 214 g/mol. The zero-order chi connectivity index (χ0) is 12.4. The molecule has 1 aliphatic rings. The molecule has 1 saturated heterocycles. The molecule has 4 nitrogen and oxygen atoms in total. The number of hydrogen-bond donors (Lipinski definition) is 0. The molecule has 1 fully saturated rings. The van der Waals surface area contributed by atoms with Gasteiger partial charge in [-0.3, -0.25) is 9.48 Å². The number of nitrogens with zero attached hydrogens (tertiary/aromatic N) is 3. The van der Waals surface area contributed by atoms with Crippen molar-refractivity contribution in [2.75, 3.05) is 18.0 Å². The normalized spacial score (nSPS) is 20.6. The van der Waals surface area contributed by atoms with Crippen LogP contribution in [0.4, 0.5) is 5.82 Å². The third-order valence-corrected chi connectivity index (χ3v) is 3.75. The molecule has 0 aliphatic carbocycles. The standard InChI is InChI=1S/C13H21N3O/c1-4-11-6-5-7-16(8-11)13-12(9-17)10(2)14-15(13)3/h9,11H,4-8H2,1-3H3. The fourth-order valence-electron chi connectivity index (χ4n) is 2.77. The highest BCUT2D eigenvalue weighted by molar-refractivity contribution is 5.84. The Morgan fingerprint density at radius 2 is 2.29 bits per heavy atom. The molecule has 2 rings (SSSR count). The molecule has 94 valence electrons. The van der Waals surface area contributed by atoms with E-state index in [1.54, 1.807) is 0 Å². The maximum Gasteiger partial charge on any atom is 0.155 e. The summed E-state index contributed by atoms with van der Waals surface area (Å²) in [4.78, 5) is 13.5. The number of piperidine rings is 1. The average Bonchev–Trinajstić information content (AvgIpc) is 2.63. The van der Waals surface area contributed by atoms with Crippen LogP contribution in [0.25, 0.3) is 0 Å². The van der Waals surface area contributed by atoms with Crippen molar-refractivity contribution >= 4 is 12.1 Å². The number of aromatic nitrogens is 2. The topological polar surface area (TPSA) is 38.1 Å². The van der Waals surface area contributed by atoms with E-state index in [1.165, 1.54) is 19.3 Å². The van der Waals surface area contributed by atoms with Gasteiger partial charge in [-0.05, 0) is 25.7 Å². The van der Waals surface area contributed by atoms with Crippen molar-refractivity contribution in [1.29, 1.82) is 0 Å². The van der Waals surface area contributed by atoms with Gasteiger partial charge in [0, 0.05) is 20.1 Å². The Kier molecular flexibility index (Phi) is 3.50. The van der Waals surface area contributed by atoms with Crippen LogP contribution >= 0.6 is 0 Å². The van der Waals surface area contributed by atoms with Crippen molar-refractivity contribution in [3.05, 3.63) is 11.3 Å². The molecule has 17 heavy (non-hydrogen) atoms. The highest BCUT2D eigenvalue weighted by atomic mass is 16.1. The molecule has 4 heteroatoms. The first-order valence-electron chi connectivity index (χ1n) is 6.41. The van der Waals surface area contributed by atoms with E-state index in [1.807, 2.05) is 18.7 Å². The molecule has 1 aliphatic heterocycles. The molecule has 1 atom stereocenters. The minimum atomic E-state index is 0.749. The van der Waals surface area contributed by atoms with Crippen LogP contribution in [0.15, 0.2) is 0 Å². The Balaban J connectivity index is 2.29. The van der Waals surface area contributed by atoms with Crippen LogP contribution in [0.1, 0.15) is 42.2 Å². The number of aldehydes is 1. The quantitative estimate of drug-likeness (QED) is 0.754. The van der Waals surface area contributed by atoms with Gasteiger partial charge in [0.25, 0.3) is 0 Å². The van der Waals surface area contributed by atoms with Gasteiger partial charge in [0.2, 0.25) is 0 Å². The second-order valence-electron chi connectivity index (χ2n) is 4.93. The molecule has 0 radical (unpaired) electrons. The van der Waals surface area contributed by atoms with Crippen LogP contribution < -0.4 is 4.90 Å². The predicted molar refractivity (Wildman–Crippen MR) is 68.6 cm³/mol. The first-order valence-corrected chi connectivity index (χ1v) is 6.41. The second kappa shape index (κ2) is 4.90. The van der Waals surface area contributed by atoms with E-state index in [9.17, 15) is 4.79 Å². The lowest BCUT2D eigenvalue weighted by Gasteiger charge is -2.34. The molecule has 0 N–H and O–H groups in total. The lowest BCUT2D eigenvalue weighted by molar-refractivity contribution is 0.112. The highest BCUT2D eigenvalue weighted by Gasteiger charge is 2.24. The van der Waals surface area contributed by atoms with Gasteiger partial charge in [0.1, 0.15) is 5.82 Å². The van der Waals surface area contributed by atoms with Gasteiger partial charge in [0.15, 0.2) is 6.29 Å². The van der Waals surface area contributed by atoms with Crippen LogP contribution in [-0.2, 0) is 7.05 Å². The first-order chi connectivity index (χ1) is 8.17. The van der Waals surface area contributed by atoms with Crippen molar-refractivity contribution in [3.63, 3.8) is 0 Å². The third-order valence-electron chi connectivity index (χ3n) is 3.75. The molecular formula is C13H21N3O. The lowest BCUT2D eigenvalue weighted by Crippen LogP contribution is -2.36. The average molecular weight is 235 g/mol. The van der Waals surface area contributed by atoms with Gasteiger partial charge < -0.3 is 4.90 Å². The van der Waals surface area contributed by atoms with E-state index >= 15 is 0 Å². The third kappa shape index (κ3) is 2.21. The smallest absolute Gasteiger partial charge is 0.155 e. The molecule has 1 aromatic heterocycles. The Hall–Kier alpha value is -1.32. The maximum atomic E-state index is 11.2. The van der Waals surface area contributed by atoms with Crippen LogP contribution in [0.5, 0.6) is 0 Å². The summed E-state index contributed by atoms with van der Waals surface area (Å²) in [5.74, 6) is 1.74. The Bertz CT molecular complexity index is 411. The number of aryl methyl sites for hydroxylation is 2. The first kappa shape index (κ1) is 12.1. The fraction of sp³-hybridized carbons (Fsp3) is 0.692. The number of hydrogen-bond acceptors (Lipinski definition) is 3. The predicted octanol–water partition coefficient (Wildman–Crippen LogP) is 2.17. The van der Waals surface area contributed by atoms with Gasteiger partial charge in [0.05, 0.1) is 11.3 Å². The number of rotatable bonds is 3. The van der Waals surface area contributed by atoms with Crippen LogP contribution in [0.2, 0.25) is 0 Å². The monoisotopic (exact) mass is 235 g/mol. The summed E-state index contributed by atoms with van der Waals surface area (Å²) >= 11 is 0. The van der Waals surface area contributed by atoms with Gasteiger partial charge >= 0.3 is 0 Å². The van der Waals surface area contributed by atoms with E-state index < -0.39 is 0 Å². The summed E-state index contributed by atoms with van der Waals surface area (Å²) in [6.07, 6.45) is 4.66. The van der Waals surface area contributed by atoms with E-state index in [2.05, 4.69) is 16.9 Å². The van der Waals surface area contributed by atoms with E-state index in [0.29, 0.717) is 0 Å². The molecule has 1 unspecified atom stereocenters. The van der Waals surface area contributed by atoms with Crippen LogP contribution in [0.3, 0.4) is 0 Å². The van der Waals surface area contributed by atoms with E-state index in [-0.39, 0.29) is 0 Å². The molecule has 0 saturated carbocycles. The minimum Gasteiger partial charge on any atom is -0.356 e. The number of anilines is 1. The summed E-state index contributed by atoms with van der Waals surface area (Å²) in [5.41, 5.74) is 1.58. The Morgan fingerprint density at radius 3 is 2.94 bits per heavy atom. The Labute approximate surface area is 103 Å². The fourth-order valence-corrected chi connectivity index (χ4v) is 2.77. The summed E-state index contributed by atoms with van der Waals surface area (Å²) in [7, 11) is 1.92. The van der Waals surface area contributed by atoms with E-state index in [0.717, 1.165) is 42.4 Å². The van der Waals surface area contributed by atoms with Crippen LogP contribution in [-0.4, -0.2) is 29.2 Å². The number of carbonyl (C=O) groups excluding carboxylic acids is 1. The van der Waals surface area contributed by atoms with Gasteiger partial charge in [-0.25, -0.2) is 0 Å². The van der Waals surface area contributed by atoms with Crippen molar-refractivity contribution < 1.29 is 4.79 Å². The van der Waals surface area contributed by atoms with Crippen LogP contribution in [0, 0.1) is 12.8 Å². The Morgan fingerprint density at radius 1 is 1.53 bits per heavy atom. The molecule has 0 spiro atoms. The van der Waals surface area contributed by atoms with Crippen molar-refractivity contribution in [2.24, 2.45) is 13.0 Å². The summed E-state index contributed by atoms with van der Waals surface area (Å²) in [6.45, 7) is 6.23. The molecule has 2 heterocycles. The molecule has 1 aromatic rings. The summed E-state index contributed by atoms with van der Waals surface area (Å²) < 4.78 is 1.84. The number of carbonyl (C=O) groups is 1. The maximum absolute atomic E-state index is 11.2. The van der Waals surface area contributed by atoms with Gasteiger partial charge in [-0.15, -0.1) is 0 Å². The minimum absolute atomic E-state index is 0.749. The SMILES string of the molecule is CCC1CCCN(c2c(C=O)c(C)nn2C)C1. The van der Waals surface area contributed by atoms with Gasteiger partial charge in [-0.2, -0.15) is 5.10 Å². The zero-order valence-electron chi connectivity index (χ0n) is 10.9. The zero-order valence-corrected chi connectivity index (χ0v) is 10.9. The van der Waals surface area contributed by atoms with Crippen molar-refractivity contribution in [3.8, 4) is 0 Å². The lowest BCUT2D eigenvalue weighted by atomic mass is 9.95. The van der Waals surface area contributed by atoms with Gasteiger partial charge in [-0.1, -0.05) is 13.3 Å². The highest BCUT2D eigenvalue weighted by Crippen LogP contribution is 2.27. The summed E-state index contributed by atoms with van der Waals surface area (Å²) in [6, 6.07) is 0. The summed E-state index contributed by atoms with van der Waals surface area (Å²) in [5, 5.41) is 4.35. The molecule has 0 aromatic carbocycles. The molecule has 0 amide bonds. The molecule has 0 bridgehead atoms. The van der Waals surface area contributed by atoms with Crippen molar-refractivity contribution in [2.45, 2.75) is 33.1 Å². The van der Waals surface area contributed by atoms with Crippen molar-refractivity contribution in [1.82, 2.24) is 9.78 Å². The van der Waals surface area contributed by atoms with E-state index in [4.69, 9.17) is 0 Å².